The van der Waals surface area contributed by atoms with Crippen molar-refractivity contribution in [2.75, 3.05) is 17.6 Å². The van der Waals surface area contributed by atoms with E-state index in [-0.39, 0.29) is 5.95 Å². The van der Waals surface area contributed by atoms with E-state index < -0.39 is 10.0 Å². The van der Waals surface area contributed by atoms with E-state index in [4.69, 9.17) is 0 Å². The first-order valence-electron chi connectivity index (χ1n) is 4.20. The molecule has 6 heteroatoms. The van der Waals surface area contributed by atoms with Gasteiger partial charge in [0.2, 0.25) is 16.0 Å². The van der Waals surface area contributed by atoms with Crippen LogP contribution in [0.1, 0.15) is 12.5 Å². The Labute approximate surface area is 83.9 Å². The van der Waals surface area contributed by atoms with Crippen LogP contribution in [0.2, 0.25) is 0 Å². The molecule has 1 rings (SSSR count). The van der Waals surface area contributed by atoms with E-state index in [9.17, 15) is 8.42 Å². The molecule has 0 bridgehead atoms. The van der Waals surface area contributed by atoms with Gasteiger partial charge in [-0.2, -0.15) is 0 Å². The largest absolute Gasteiger partial charge is 0.241 e. The summed E-state index contributed by atoms with van der Waals surface area (Å²) in [5, 5.41) is 0. The summed E-state index contributed by atoms with van der Waals surface area (Å²) in [5.41, 5.74) is 0.982. The average Bonchev–Trinajstić information content (AvgIpc) is 2.15. The van der Waals surface area contributed by atoms with Crippen molar-refractivity contribution in [3.8, 4) is 0 Å². The van der Waals surface area contributed by atoms with E-state index in [1.807, 2.05) is 6.92 Å². The number of rotatable bonds is 3. The Morgan fingerprint density at radius 3 is 2.21 bits per heavy atom. The molecule has 0 N–H and O–H groups in total. The third-order valence-corrected chi connectivity index (χ3v) is 3.04. The topological polar surface area (TPSA) is 63.2 Å². The van der Waals surface area contributed by atoms with E-state index >= 15 is 0 Å². The molecule has 1 heterocycles. The molecule has 0 spiro atoms. The van der Waals surface area contributed by atoms with Gasteiger partial charge in [-0.15, -0.1) is 0 Å². The number of anilines is 1. The van der Waals surface area contributed by atoms with Crippen molar-refractivity contribution in [2.24, 2.45) is 0 Å². The Hall–Kier alpha value is -1.17. The lowest BCUT2D eigenvalue weighted by Crippen LogP contribution is -2.26. The van der Waals surface area contributed by atoms with Gasteiger partial charge in [0.05, 0.1) is 6.26 Å². The summed E-state index contributed by atoms with van der Waals surface area (Å²) in [6.45, 7) is 1.98. The van der Waals surface area contributed by atoms with Crippen molar-refractivity contribution in [1.29, 1.82) is 0 Å². The predicted octanol–water partition coefficient (Wildman–Crippen LogP) is 0.435. The lowest BCUT2D eigenvalue weighted by molar-refractivity contribution is 0.599. The number of nitrogens with zero attached hydrogens (tertiary/aromatic N) is 3. The summed E-state index contributed by atoms with van der Waals surface area (Å²) in [5.74, 6) is 0.199. The SMILES string of the molecule is CCc1cnc(N(C)S(C)(=O)=O)nc1. The van der Waals surface area contributed by atoms with Crippen molar-refractivity contribution in [1.82, 2.24) is 9.97 Å². The molecule has 1 aromatic rings. The van der Waals surface area contributed by atoms with Crippen LogP contribution in [0, 0.1) is 0 Å². The molecule has 0 unspecified atom stereocenters. The Morgan fingerprint density at radius 2 is 1.86 bits per heavy atom. The maximum atomic E-state index is 11.1. The molecule has 14 heavy (non-hydrogen) atoms. The molecule has 0 radical (unpaired) electrons. The van der Waals surface area contributed by atoms with Crippen LogP contribution in [0.4, 0.5) is 5.95 Å². The quantitative estimate of drug-likeness (QED) is 0.733. The van der Waals surface area contributed by atoms with Gasteiger partial charge in [0.15, 0.2) is 0 Å². The lowest BCUT2D eigenvalue weighted by atomic mass is 10.3. The minimum Gasteiger partial charge on any atom is -0.241 e. The molecule has 0 atom stereocenters. The van der Waals surface area contributed by atoms with Gasteiger partial charge in [0.25, 0.3) is 0 Å². The van der Waals surface area contributed by atoms with Crippen molar-refractivity contribution in [3.05, 3.63) is 18.0 Å². The second-order valence-electron chi connectivity index (χ2n) is 2.98. The molecule has 78 valence electrons. The van der Waals surface area contributed by atoms with Crippen LogP contribution in [-0.4, -0.2) is 31.7 Å². The third kappa shape index (κ3) is 2.41. The minimum absolute atomic E-state index is 0.199. The van der Waals surface area contributed by atoms with Crippen molar-refractivity contribution < 1.29 is 8.42 Å². The molecule has 5 nitrogen and oxygen atoms in total. The molecule has 0 aliphatic heterocycles. The number of hydrogen-bond acceptors (Lipinski definition) is 4. The van der Waals surface area contributed by atoms with Gasteiger partial charge in [-0.1, -0.05) is 6.92 Å². The normalized spacial score (nSPS) is 11.4. The minimum atomic E-state index is -3.27. The highest BCUT2D eigenvalue weighted by Gasteiger charge is 2.13. The first kappa shape index (κ1) is 10.9. The van der Waals surface area contributed by atoms with Crippen LogP contribution < -0.4 is 4.31 Å². The Bertz CT molecular complexity index is 399. The molecule has 1 aromatic heterocycles. The second-order valence-corrected chi connectivity index (χ2v) is 4.99. The summed E-state index contributed by atoms with van der Waals surface area (Å²) in [7, 11) is -1.84. The van der Waals surface area contributed by atoms with Crippen LogP contribution >= 0.6 is 0 Å². The molecule has 0 fully saturated rings. The van der Waals surface area contributed by atoms with Crippen LogP contribution in [0.5, 0.6) is 0 Å². The number of sulfonamides is 1. The second kappa shape index (κ2) is 3.91. The first-order valence-corrected chi connectivity index (χ1v) is 6.04. The zero-order valence-corrected chi connectivity index (χ0v) is 9.24. The van der Waals surface area contributed by atoms with Gasteiger partial charge in [-0.3, -0.25) is 0 Å². The standard InChI is InChI=1S/C8H13N3O2S/c1-4-7-5-9-8(10-6-7)11(2)14(3,12)13/h5-6H,4H2,1-3H3. The fourth-order valence-electron chi connectivity index (χ4n) is 0.841. The highest BCUT2D eigenvalue weighted by Crippen LogP contribution is 2.08. The fourth-order valence-corrected chi connectivity index (χ4v) is 1.23. The molecular weight excluding hydrogens is 202 g/mol. The maximum absolute atomic E-state index is 11.1. The fraction of sp³-hybridized carbons (Fsp3) is 0.500. The molecule has 0 amide bonds. The van der Waals surface area contributed by atoms with Gasteiger partial charge in [0.1, 0.15) is 0 Å². The monoisotopic (exact) mass is 215 g/mol. The zero-order chi connectivity index (χ0) is 10.8. The molecule has 0 aromatic carbocycles. The molecule has 0 saturated heterocycles. The predicted molar refractivity (Wildman–Crippen MR) is 54.7 cm³/mol. The highest BCUT2D eigenvalue weighted by atomic mass is 32.2. The molecule has 0 saturated carbocycles. The van der Waals surface area contributed by atoms with E-state index in [1.54, 1.807) is 12.4 Å². The highest BCUT2D eigenvalue weighted by molar-refractivity contribution is 7.92. The maximum Gasteiger partial charge on any atom is 0.238 e. The Morgan fingerprint density at radius 1 is 1.36 bits per heavy atom. The van der Waals surface area contributed by atoms with E-state index in [0.29, 0.717) is 0 Å². The van der Waals surface area contributed by atoms with Gasteiger partial charge in [0, 0.05) is 19.4 Å². The number of aromatic nitrogens is 2. The third-order valence-electron chi connectivity index (χ3n) is 1.88. The zero-order valence-electron chi connectivity index (χ0n) is 8.43. The first-order chi connectivity index (χ1) is 6.45. The number of hydrogen-bond donors (Lipinski definition) is 0. The smallest absolute Gasteiger partial charge is 0.238 e. The van der Waals surface area contributed by atoms with Crippen LogP contribution in [0.25, 0.3) is 0 Å². The van der Waals surface area contributed by atoms with E-state index in [2.05, 4.69) is 9.97 Å². The van der Waals surface area contributed by atoms with Gasteiger partial charge in [-0.05, 0) is 12.0 Å². The Balaban J connectivity index is 2.98. The lowest BCUT2D eigenvalue weighted by Gasteiger charge is -2.13. The van der Waals surface area contributed by atoms with Crippen LogP contribution in [0.15, 0.2) is 12.4 Å². The van der Waals surface area contributed by atoms with Gasteiger partial charge >= 0.3 is 0 Å². The van der Waals surface area contributed by atoms with Crippen LogP contribution in [-0.2, 0) is 16.4 Å². The summed E-state index contributed by atoms with van der Waals surface area (Å²) >= 11 is 0. The van der Waals surface area contributed by atoms with E-state index in [0.717, 1.165) is 22.5 Å². The van der Waals surface area contributed by atoms with Gasteiger partial charge in [-0.25, -0.2) is 22.7 Å². The van der Waals surface area contributed by atoms with Crippen molar-refractivity contribution in [3.63, 3.8) is 0 Å². The van der Waals surface area contributed by atoms with Crippen molar-refractivity contribution >= 4 is 16.0 Å². The summed E-state index contributed by atoms with van der Waals surface area (Å²) in [6, 6.07) is 0. The summed E-state index contributed by atoms with van der Waals surface area (Å²) in [6.07, 6.45) is 5.21. The van der Waals surface area contributed by atoms with E-state index in [1.165, 1.54) is 7.05 Å². The summed E-state index contributed by atoms with van der Waals surface area (Å²) < 4.78 is 23.3. The van der Waals surface area contributed by atoms with Gasteiger partial charge < -0.3 is 0 Å². The molecule has 0 aliphatic rings. The van der Waals surface area contributed by atoms with Crippen molar-refractivity contribution in [2.45, 2.75) is 13.3 Å². The summed E-state index contributed by atoms with van der Waals surface area (Å²) in [4.78, 5) is 7.90. The average molecular weight is 215 g/mol. The number of aryl methyl sites for hydroxylation is 1. The van der Waals surface area contributed by atoms with Crippen LogP contribution in [0.3, 0.4) is 0 Å². The molecule has 0 aliphatic carbocycles. The molecular formula is C8H13N3O2S. The Kier molecular flexibility index (Phi) is 3.05.